The zero-order valence-electron chi connectivity index (χ0n) is 11.8. The van der Waals surface area contributed by atoms with Gasteiger partial charge in [-0.2, -0.15) is 4.31 Å². The van der Waals surface area contributed by atoms with E-state index in [0.29, 0.717) is 42.7 Å². The molecule has 2 aliphatic heterocycles. The highest BCUT2D eigenvalue weighted by Crippen LogP contribution is 2.36. The van der Waals surface area contributed by atoms with Crippen molar-refractivity contribution in [3.05, 3.63) is 40.8 Å². The molecule has 0 bridgehead atoms. The van der Waals surface area contributed by atoms with Gasteiger partial charge in [-0.05, 0) is 41.1 Å². The molecule has 7 heteroatoms. The predicted octanol–water partition coefficient (Wildman–Crippen LogP) is 2.27. The lowest BCUT2D eigenvalue weighted by Gasteiger charge is -2.29. The summed E-state index contributed by atoms with van der Waals surface area (Å²) in [5.41, 5.74) is 2.14. The molecule has 0 saturated carbocycles. The number of benzene rings is 1. The minimum atomic E-state index is -3.40. The highest BCUT2D eigenvalue weighted by Gasteiger charge is 2.30. The minimum absolute atomic E-state index is 0.381. The Bertz CT molecular complexity index is 799. The number of rotatable bonds is 2. The number of sulfonamides is 1. The van der Waals surface area contributed by atoms with E-state index >= 15 is 0 Å². The van der Waals surface area contributed by atoms with Gasteiger partial charge in [0.05, 0.1) is 0 Å². The molecule has 0 amide bonds. The lowest BCUT2D eigenvalue weighted by atomic mass is 10.00. The third kappa shape index (κ3) is 2.29. The van der Waals surface area contributed by atoms with Gasteiger partial charge < -0.3 is 9.47 Å². The maximum atomic E-state index is 12.6. The number of hydrogen-bond donors (Lipinski definition) is 0. The third-order valence-corrected chi connectivity index (χ3v) is 7.15. The van der Waals surface area contributed by atoms with Gasteiger partial charge in [-0.3, -0.25) is 0 Å². The number of fused-ring (bicyclic) bond motifs is 2. The highest BCUT2D eigenvalue weighted by molar-refractivity contribution is 7.91. The Balaban J connectivity index is 1.67. The van der Waals surface area contributed by atoms with Crippen LogP contribution < -0.4 is 9.47 Å². The van der Waals surface area contributed by atoms with Crippen LogP contribution in [0.5, 0.6) is 11.5 Å². The van der Waals surface area contributed by atoms with Crippen molar-refractivity contribution in [3.8, 4) is 11.5 Å². The smallest absolute Gasteiger partial charge is 0.252 e. The summed E-state index contributed by atoms with van der Waals surface area (Å²) in [6.45, 7) is 1.97. The van der Waals surface area contributed by atoms with Crippen LogP contribution in [0.1, 0.15) is 11.1 Å². The van der Waals surface area contributed by atoms with Crippen LogP contribution in [0.3, 0.4) is 0 Å². The average Bonchev–Trinajstić information content (AvgIpc) is 3.07. The van der Waals surface area contributed by atoms with Gasteiger partial charge in [-0.1, -0.05) is 6.07 Å². The maximum absolute atomic E-state index is 12.6. The summed E-state index contributed by atoms with van der Waals surface area (Å²) in [5.74, 6) is 1.47. The molecule has 4 rings (SSSR count). The van der Waals surface area contributed by atoms with Crippen LogP contribution in [0, 0.1) is 0 Å². The molecular weight excluding hydrogens is 322 g/mol. The van der Waals surface area contributed by atoms with Crippen LogP contribution >= 0.6 is 11.3 Å². The van der Waals surface area contributed by atoms with Crippen LogP contribution in [-0.4, -0.2) is 32.5 Å². The molecule has 0 spiro atoms. The van der Waals surface area contributed by atoms with E-state index in [4.69, 9.17) is 9.47 Å². The zero-order chi connectivity index (χ0) is 15.2. The predicted molar refractivity (Wildman–Crippen MR) is 83.1 cm³/mol. The summed E-state index contributed by atoms with van der Waals surface area (Å²) in [6, 6.07) is 7.31. The molecular formula is C15H15NO4S2. The second-order valence-corrected chi connectivity index (χ2v) is 8.40. The van der Waals surface area contributed by atoms with Crippen LogP contribution in [0.2, 0.25) is 0 Å². The lowest BCUT2D eigenvalue weighted by Crippen LogP contribution is -2.35. The normalized spacial score (nSPS) is 18.0. The van der Waals surface area contributed by atoms with Crippen LogP contribution in [0.15, 0.2) is 33.9 Å². The van der Waals surface area contributed by atoms with Gasteiger partial charge in [-0.25, -0.2) is 8.42 Å². The quantitative estimate of drug-likeness (QED) is 0.843. The van der Waals surface area contributed by atoms with E-state index in [2.05, 4.69) is 0 Å². The Kier molecular flexibility index (Phi) is 3.36. The van der Waals surface area contributed by atoms with Crippen molar-refractivity contribution in [2.75, 3.05) is 19.8 Å². The molecule has 0 saturated heterocycles. The third-order valence-electron chi connectivity index (χ3n) is 3.93. The molecule has 0 fully saturated rings. The molecule has 3 heterocycles. The minimum Gasteiger partial charge on any atom is -0.486 e. The summed E-state index contributed by atoms with van der Waals surface area (Å²) in [4.78, 5) is 0. The van der Waals surface area contributed by atoms with Crippen LogP contribution in [0.4, 0.5) is 0 Å². The molecule has 0 aliphatic carbocycles. The van der Waals surface area contributed by atoms with Crippen molar-refractivity contribution >= 4 is 21.4 Å². The fourth-order valence-electron chi connectivity index (χ4n) is 2.81. The first kappa shape index (κ1) is 14.0. The number of thiophene rings is 1. The van der Waals surface area contributed by atoms with Crippen LogP contribution in [0.25, 0.3) is 0 Å². The number of hydrogen-bond acceptors (Lipinski definition) is 5. The molecule has 1 aromatic heterocycles. The van der Waals surface area contributed by atoms with Gasteiger partial charge in [0.15, 0.2) is 11.5 Å². The zero-order valence-corrected chi connectivity index (χ0v) is 13.5. The lowest BCUT2D eigenvalue weighted by molar-refractivity contribution is 0.171. The highest BCUT2D eigenvalue weighted by atomic mass is 32.2. The van der Waals surface area contributed by atoms with Gasteiger partial charge >= 0.3 is 0 Å². The fourth-order valence-corrected chi connectivity index (χ4v) is 5.37. The summed E-state index contributed by atoms with van der Waals surface area (Å²) in [7, 11) is -3.40. The average molecular weight is 337 g/mol. The van der Waals surface area contributed by atoms with Crippen molar-refractivity contribution in [3.63, 3.8) is 0 Å². The van der Waals surface area contributed by atoms with Crippen molar-refractivity contribution in [2.45, 2.75) is 17.2 Å². The van der Waals surface area contributed by atoms with E-state index < -0.39 is 10.0 Å². The van der Waals surface area contributed by atoms with E-state index in [1.54, 1.807) is 17.5 Å². The van der Waals surface area contributed by atoms with E-state index in [0.717, 1.165) is 16.9 Å². The molecule has 22 heavy (non-hydrogen) atoms. The van der Waals surface area contributed by atoms with Gasteiger partial charge in [0.25, 0.3) is 10.0 Å². The molecule has 1 aromatic carbocycles. The number of nitrogens with zero attached hydrogens (tertiary/aromatic N) is 1. The Labute approximate surface area is 133 Å². The molecule has 0 unspecified atom stereocenters. The first-order valence-corrected chi connectivity index (χ1v) is 9.41. The first-order chi connectivity index (χ1) is 10.6. The second-order valence-electron chi connectivity index (χ2n) is 5.29. The molecule has 2 aliphatic rings. The number of ether oxygens (including phenoxy) is 2. The van der Waals surface area contributed by atoms with Gasteiger partial charge in [0.2, 0.25) is 0 Å². The van der Waals surface area contributed by atoms with Crippen LogP contribution in [-0.2, 0) is 23.0 Å². The molecule has 2 aromatic rings. The molecule has 0 radical (unpaired) electrons. The van der Waals surface area contributed by atoms with Gasteiger partial charge in [0.1, 0.15) is 17.4 Å². The first-order valence-electron chi connectivity index (χ1n) is 7.10. The van der Waals surface area contributed by atoms with E-state index in [9.17, 15) is 8.42 Å². The molecule has 0 N–H and O–H groups in total. The monoisotopic (exact) mass is 337 g/mol. The SMILES string of the molecule is O=S(=O)(c1cccs1)N1CCc2cc3c(cc2C1)OCCO3. The van der Waals surface area contributed by atoms with E-state index in [1.165, 1.54) is 15.6 Å². The maximum Gasteiger partial charge on any atom is 0.252 e. The standard InChI is InChI=1S/C15H15NO4S2/c17-22(18,15-2-1-7-21-15)16-4-3-11-8-13-14(9-12(11)10-16)20-6-5-19-13/h1-2,7-9H,3-6,10H2. The topological polar surface area (TPSA) is 55.8 Å². The van der Waals surface area contributed by atoms with Gasteiger partial charge in [0, 0.05) is 13.1 Å². The van der Waals surface area contributed by atoms with E-state index in [1.807, 2.05) is 12.1 Å². The molecule has 5 nitrogen and oxygen atoms in total. The Morgan fingerprint density at radius 3 is 2.50 bits per heavy atom. The van der Waals surface area contributed by atoms with Crippen molar-refractivity contribution < 1.29 is 17.9 Å². The molecule has 116 valence electrons. The Morgan fingerprint density at radius 2 is 1.82 bits per heavy atom. The van der Waals surface area contributed by atoms with E-state index in [-0.39, 0.29) is 0 Å². The summed E-state index contributed by atoms with van der Waals surface area (Å²) < 4.78 is 38.4. The van der Waals surface area contributed by atoms with Gasteiger partial charge in [-0.15, -0.1) is 11.3 Å². The fraction of sp³-hybridized carbons (Fsp3) is 0.333. The Morgan fingerprint density at radius 1 is 1.09 bits per heavy atom. The Hall–Kier alpha value is -1.57. The largest absolute Gasteiger partial charge is 0.486 e. The van der Waals surface area contributed by atoms with Crippen molar-refractivity contribution in [1.29, 1.82) is 0 Å². The summed E-state index contributed by atoms with van der Waals surface area (Å²) >= 11 is 1.25. The van der Waals surface area contributed by atoms with Crippen molar-refractivity contribution in [2.24, 2.45) is 0 Å². The summed E-state index contributed by atoms with van der Waals surface area (Å²) in [5, 5.41) is 1.78. The van der Waals surface area contributed by atoms with Crippen molar-refractivity contribution in [1.82, 2.24) is 4.31 Å². The second kappa shape index (κ2) is 5.26. The summed E-state index contributed by atoms with van der Waals surface area (Å²) in [6.07, 6.45) is 0.691. The molecule has 0 atom stereocenters.